The smallest absolute Gasteiger partial charge is 0.282 e. The van der Waals surface area contributed by atoms with Crippen LogP contribution >= 0.6 is 11.6 Å². The standard InChI is InChI=1S/C26H31ClFN5O6S/c1-32(40(34,35)33-9-11-37-12-10-33)18-4-6-19(7-5-18)38-39-25-14-20-23(15-24(25)36-2)29-16-30-26(20)31-17-3-8-22(28)21(27)13-17/h3,8,13-16,18-19H,4-7,9-12H2,1-2H3,(H,29,30,31). The summed E-state index contributed by atoms with van der Waals surface area (Å²) in [6.45, 7) is 1.56. The number of ether oxygens (including phenoxy) is 2. The van der Waals surface area contributed by atoms with Crippen molar-refractivity contribution in [1.29, 1.82) is 0 Å². The summed E-state index contributed by atoms with van der Waals surface area (Å²) in [7, 11) is -0.383. The van der Waals surface area contributed by atoms with Crippen LogP contribution in [0.15, 0.2) is 36.7 Å². The van der Waals surface area contributed by atoms with Gasteiger partial charge in [0.15, 0.2) is 5.75 Å². The Labute approximate surface area is 237 Å². The van der Waals surface area contributed by atoms with E-state index in [-0.39, 0.29) is 17.2 Å². The third kappa shape index (κ3) is 6.24. The van der Waals surface area contributed by atoms with E-state index < -0.39 is 16.0 Å². The molecule has 216 valence electrons. The summed E-state index contributed by atoms with van der Waals surface area (Å²) in [5.41, 5.74) is 1.15. The summed E-state index contributed by atoms with van der Waals surface area (Å²) in [6.07, 6.45) is 3.73. The molecular formula is C26H31ClFN5O6S. The maximum Gasteiger partial charge on any atom is 0.282 e. The van der Waals surface area contributed by atoms with Crippen molar-refractivity contribution < 1.29 is 32.1 Å². The number of benzene rings is 2. The minimum absolute atomic E-state index is 0.0120. The summed E-state index contributed by atoms with van der Waals surface area (Å²) < 4.78 is 53.4. The topological polar surface area (TPSA) is 115 Å². The zero-order valence-corrected chi connectivity index (χ0v) is 23.8. The van der Waals surface area contributed by atoms with Crippen LogP contribution in [0.25, 0.3) is 10.9 Å². The SMILES string of the molecule is COc1cc2ncnc(Nc3ccc(F)c(Cl)c3)c2cc1OOC1CCC(N(C)S(=O)(=O)N2CCOCC2)CC1. The molecule has 1 saturated heterocycles. The monoisotopic (exact) mass is 595 g/mol. The molecule has 2 heterocycles. The van der Waals surface area contributed by atoms with Gasteiger partial charge < -0.3 is 19.7 Å². The number of nitrogens with one attached hydrogen (secondary N) is 1. The molecule has 14 heteroatoms. The van der Waals surface area contributed by atoms with E-state index in [1.807, 2.05) is 0 Å². The molecule has 1 aliphatic carbocycles. The molecule has 0 atom stereocenters. The van der Waals surface area contributed by atoms with Gasteiger partial charge in [-0.25, -0.2) is 14.4 Å². The first-order chi connectivity index (χ1) is 19.3. The van der Waals surface area contributed by atoms with Crippen LogP contribution < -0.4 is 14.9 Å². The van der Waals surface area contributed by atoms with Crippen LogP contribution in [0, 0.1) is 5.82 Å². The van der Waals surface area contributed by atoms with Gasteiger partial charge in [0.05, 0.1) is 30.9 Å². The lowest BCUT2D eigenvalue weighted by atomic mass is 9.93. The number of morpholine rings is 1. The van der Waals surface area contributed by atoms with Crippen molar-refractivity contribution in [2.75, 3.05) is 45.8 Å². The molecule has 0 unspecified atom stereocenters. The quantitative estimate of drug-likeness (QED) is 0.285. The Bertz CT molecular complexity index is 1450. The lowest BCUT2D eigenvalue weighted by Gasteiger charge is -2.37. The highest BCUT2D eigenvalue weighted by Crippen LogP contribution is 2.36. The van der Waals surface area contributed by atoms with Crippen LogP contribution in [0.4, 0.5) is 15.9 Å². The van der Waals surface area contributed by atoms with Gasteiger partial charge in [-0.05, 0) is 43.9 Å². The normalized spacial score (nSPS) is 20.5. The van der Waals surface area contributed by atoms with Gasteiger partial charge in [-0.15, -0.1) is 0 Å². The van der Waals surface area contributed by atoms with Crippen molar-refractivity contribution in [1.82, 2.24) is 18.6 Å². The van der Waals surface area contributed by atoms with Crippen LogP contribution in [0.5, 0.6) is 11.5 Å². The Balaban J connectivity index is 1.24. The molecule has 0 bridgehead atoms. The average molecular weight is 596 g/mol. The number of methoxy groups -OCH3 is 1. The molecule has 1 aromatic heterocycles. The third-order valence-electron chi connectivity index (χ3n) is 7.20. The van der Waals surface area contributed by atoms with Crippen molar-refractivity contribution >= 4 is 44.2 Å². The minimum Gasteiger partial charge on any atom is -0.493 e. The first-order valence-electron chi connectivity index (χ1n) is 12.9. The molecule has 2 aliphatic rings. The largest absolute Gasteiger partial charge is 0.493 e. The molecule has 2 aromatic carbocycles. The fraction of sp³-hybridized carbons (Fsp3) is 0.462. The van der Waals surface area contributed by atoms with E-state index in [0.717, 1.165) is 0 Å². The molecular weight excluding hydrogens is 565 g/mol. The van der Waals surface area contributed by atoms with Gasteiger partial charge in [-0.3, -0.25) is 0 Å². The molecule has 0 amide bonds. The van der Waals surface area contributed by atoms with E-state index >= 15 is 0 Å². The second-order valence-electron chi connectivity index (χ2n) is 9.64. The lowest BCUT2D eigenvalue weighted by Crippen LogP contribution is -2.51. The first-order valence-corrected chi connectivity index (χ1v) is 14.7. The number of hydrogen-bond donors (Lipinski definition) is 1. The van der Waals surface area contributed by atoms with Crippen molar-refractivity contribution in [2.45, 2.75) is 37.8 Å². The van der Waals surface area contributed by atoms with Crippen LogP contribution in [-0.2, 0) is 19.8 Å². The van der Waals surface area contributed by atoms with Gasteiger partial charge in [0, 0.05) is 49.4 Å². The first kappa shape index (κ1) is 28.7. The fourth-order valence-corrected chi connectivity index (χ4v) is 6.61. The second kappa shape index (κ2) is 12.4. The van der Waals surface area contributed by atoms with E-state index in [1.54, 1.807) is 25.2 Å². The van der Waals surface area contributed by atoms with E-state index in [9.17, 15) is 12.8 Å². The van der Waals surface area contributed by atoms with E-state index in [0.29, 0.717) is 85.9 Å². The third-order valence-corrected chi connectivity index (χ3v) is 9.53. The zero-order chi connectivity index (χ0) is 28.3. The zero-order valence-electron chi connectivity index (χ0n) is 22.2. The van der Waals surface area contributed by atoms with Crippen LogP contribution in [0.3, 0.4) is 0 Å². The van der Waals surface area contributed by atoms with Gasteiger partial charge in [0.25, 0.3) is 10.2 Å². The number of nitrogens with zero attached hydrogens (tertiary/aromatic N) is 4. The van der Waals surface area contributed by atoms with E-state index in [1.165, 1.54) is 34.2 Å². The summed E-state index contributed by atoms with van der Waals surface area (Å²) in [6, 6.07) is 7.59. The number of halogens is 2. The summed E-state index contributed by atoms with van der Waals surface area (Å²) in [5.74, 6) is 0.702. The number of aromatic nitrogens is 2. The summed E-state index contributed by atoms with van der Waals surface area (Å²) in [5, 5.41) is 3.75. The number of hydrogen-bond acceptors (Lipinski definition) is 9. The number of rotatable bonds is 9. The van der Waals surface area contributed by atoms with Crippen molar-refractivity contribution in [3.8, 4) is 11.5 Å². The molecule has 5 rings (SSSR count). The maximum absolute atomic E-state index is 13.6. The minimum atomic E-state index is -3.54. The molecule has 40 heavy (non-hydrogen) atoms. The highest BCUT2D eigenvalue weighted by atomic mass is 35.5. The Morgan fingerprint density at radius 1 is 1.10 bits per heavy atom. The Hall–Kier alpha value is -2.81. The Morgan fingerprint density at radius 3 is 2.55 bits per heavy atom. The van der Waals surface area contributed by atoms with Crippen molar-refractivity contribution in [3.05, 3.63) is 47.5 Å². The van der Waals surface area contributed by atoms with Crippen LogP contribution in [-0.4, -0.2) is 79.6 Å². The molecule has 1 N–H and O–H groups in total. The fourth-order valence-electron chi connectivity index (χ4n) is 4.87. The highest BCUT2D eigenvalue weighted by molar-refractivity contribution is 7.86. The lowest BCUT2D eigenvalue weighted by molar-refractivity contribution is -0.252. The predicted molar refractivity (Wildman–Crippen MR) is 148 cm³/mol. The number of anilines is 2. The van der Waals surface area contributed by atoms with Crippen molar-refractivity contribution in [3.63, 3.8) is 0 Å². The Kier molecular flexibility index (Phi) is 8.88. The molecule has 0 spiro atoms. The molecule has 11 nitrogen and oxygen atoms in total. The van der Waals surface area contributed by atoms with Crippen LogP contribution in [0.2, 0.25) is 5.02 Å². The van der Waals surface area contributed by atoms with E-state index in [2.05, 4.69) is 15.3 Å². The van der Waals surface area contributed by atoms with Crippen LogP contribution in [0.1, 0.15) is 25.7 Å². The van der Waals surface area contributed by atoms with Gasteiger partial charge >= 0.3 is 0 Å². The Morgan fingerprint density at radius 2 is 1.85 bits per heavy atom. The van der Waals surface area contributed by atoms with Gasteiger partial charge in [0.1, 0.15) is 24.1 Å². The molecule has 1 saturated carbocycles. The van der Waals surface area contributed by atoms with Crippen molar-refractivity contribution in [2.24, 2.45) is 0 Å². The summed E-state index contributed by atoms with van der Waals surface area (Å²) in [4.78, 5) is 20.2. The highest BCUT2D eigenvalue weighted by Gasteiger charge is 2.35. The molecule has 0 radical (unpaired) electrons. The van der Waals surface area contributed by atoms with Gasteiger partial charge in [-0.1, -0.05) is 11.6 Å². The molecule has 2 fully saturated rings. The maximum atomic E-state index is 13.6. The molecule has 3 aromatic rings. The summed E-state index contributed by atoms with van der Waals surface area (Å²) >= 11 is 5.92. The van der Waals surface area contributed by atoms with E-state index in [4.69, 9.17) is 30.8 Å². The molecule has 1 aliphatic heterocycles. The van der Waals surface area contributed by atoms with Gasteiger partial charge in [0.2, 0.25) is 5.75 Å². The number of fused-ring (bicyclic) bond motifs is 1. The second-order valence-corrected chi connectivity index (χ2v) is 12.0. The van der Waals surface area contributed by atoms with Gasteiger partial charge in [-0.2, -0.15) is 21.9 Å². The predicted octanol–water partition coefficient (Wildman–Crippen LogP) is 4.30. The average Bonchev–Trinajstić information content (AvgIpc) is 2.98.